The highest BCUT2D eigenvalue weighted by atomic mass is 16.6. The van der Waals surface area contributed by atoms with Crippen LogP contribution in [0.4, 0.5) is 0 Å². The molecule has 0 amide bonds. The van der Waals surface area contributed by atoms with Crippen LogP contribution in [0.5, 0.6) is 0 Å². The zero-order valence-corrected chi connectivity index (χ0v) is 17.0. The Balaban J connectivity index is 1.56. The van der Waals surface area contributed by atoms with Crippen molar-refractivity contribution in [1.82, 2.24) is 4.90 Å². The molecule has 2 atom stereocenters. The van der Waals surface area contributed by atoms with Crippen LogP contribution in [0, 0.1) is 0 Å². The normalized spacial score (nSPS) is 23.5. The van der Waals surface area contributed by atoms with Gasteiger partial charge in [-0.2, -0.15) is 0 Å². The number of hydrogen-bond donors (Lipinski definition) is 1. The maximum Gasteiger partial charge on any atom is 0.347 e. The molecule has 2 aliphatic rings. The molecule has 2 fully saturated rings. The average molecular weight is 394 g/mol. The minimum absolute atomic E-state index is 0.144. The summed E-state index contributed by atoms with van der Waals surface area (Å²) in [7, 11) is 0. The first-order valence-corrected chi connectivity index (χ1v) is 11.0. The van der Waals surface area contributed by atoms with Gasteiger partial charge in [0.05, 0.1) is 0 Å². The van der Waals surface area contributed by atoms with Crippen molar-refractivity contribution in [3.8, 4) is 0 Å². The third-order valence-corrected chi connectivity index (χ3v) is 6.46. The van der Waals surface area contributed by atoms with Crippen LogP contribution in [-0.4, -0.2) is 41.2 Å². The Morgan fingerprint density at radius 3 is 2.00 bits per heavy atom. The van der Waals surface area contributed by atoms with Gasteiger partial charge in [0, 0.05) is 6.04 Å². The first-order chi connectivity index (χ1) is 14.2. The predicted octanol–water partition coefficient (Wildman–Crippen LogP) is 4.26. The van der Waals surface area contributed by atoms with Gasteiger partial charge in [0.25, 0.3) is 0 Å². The number of nitrogens with zero attached hydrogens (tertiary/aromatic N) is 1. The molecule has 2 aromatic rings. The number of carbonyl (C=O) groups excluding carboxylic acids is 1. The molecule has 1 saturated heterocycles. The fourth-order valence-electron chi connectivity index (χ4n) is 4.83. The fourth-order valence-corrected chi connectivity index (χ4v) is 4.83. The summed E-state index contributed by atoms with van der Waals surface area (Å²) in [6, 6.07) is 18.7. The van der Waals surface area contributed by atoms with Crippen molar-refractivity contribution in [2.45, 2.75) is 62.7 Å². The second-order valence-electron chi connectivity index (χ2n) is 8.39. The Morgan fingerprint density at radius 1 is 0.862 bits per heavy atom. The first-order valence-electron chi connectivity index (χ1n) is 11.0. The lowest BCUT2D eigenvalue weighted by molar-refractivity contribution is -0.169. The Bertz CT molecular complexity index is 747. The number of likely N-dealkylation sites (tertiary alicyclic amines) is 1. The summed E-state index contributed by atoms with van der Waals surface area (Å²) in [6.45, 7) is 2.31. The topological polar surface area (TPSA) is 49.8 Å². The molecule has 0 aromatic heterocycles. The summed E-state index contributed by atoms with van der Waals surface area (Å²) in [4.78, 5) is 16.0. The number of benzene rings is 2. The number of ether oxygens (including phenoxy) is 1. The van der Waals surface area contributed by atoms with Crippen molar-refractivity contribution in [2.24, 2.45) is 0 Å². The largest absolute Gasteiger partial charge is 0.460 e. The molecule has 1 aliphatic carbocycles. The number of rotatable bonds is 5. The number of aliphatic hydroxyl groups is 1. The van der Waals surface area contributed by atoms with E-state index in [9.17, 15) is 9.90 Å². The van der Waals surface area contributed by atoms with Gasteiger partial charge in [0.15, 0.2) is 0 Å². The molecule has 4 heteroatoms. The van der Waals surface area contributed by atoms with Crippen LogP contribution >= 0.6 is 0 Å². The summed E-state index contributed by atoms with van der Waals surface area (Å²) >= 11 is 0. The van der Waals surface area contributed by atoms with E-state index >= 15 is 0 Å². The van der Waals surface area contributed by atoms with Crippen LogP contribution < -0.4 is 0 Å². The zero-order valence-electron chi connectivity index (χ0n) is 17.0. The molecule has 0 spiro atoms. The van der Waals surface area contributed by atoms with Gasteiger partial charge in [-0.05, 0) is 62.7 Å². The third kappa shape index (κ3) is 4.39. The summed E-state index contributed by atoms with van der Waals surface area (Å²) in [6.07, 6.45) is 7.55. The molecule has 4 nitrogen and oxygen atoms in total. The fraction of sp³-hybridized carbons (Fsp3) is 0.480. The molecule has 2 aromatic carbocycles. The van der Waals surface area contributed by atoms with E-state index < -0.39 is 11.6 Å². The van der Waals surface area contributed by atoms with E-state index in [0.717, 1.165) is 32.4 Å². The lowest BCUT2D eigenvalue weighted by atomic mass is 9.86. The monoisotopic (exact) mass is 393 g/mol. The molecular formula is C25H31NO3. The van der Waals surface area contributed by atoms with E-state index in [2.05, 4.69) is 4.90 Å². The van der Waals surface area contributed by atoms with Crippen LogP contribution in [0.15, 0.2) is 60.7 Å². The van der Waals surface area contributed by atoms with E-state index in [1.807, 2.05) is 36.4 Å². The standard InChI is InChI=1S/C25H31NO3/c27-24(29-23-16-8-7-15-22(19-23)26-17-9-10-18-26)25(28,20-11-3-1-4-12-20)21-13-5-2-6-14-21/h1-6,11-14,22-23,28H,7-10,15-19H2/t22-,23+/m1/s1. The average Bonchev–Trinajstić information content (AvgIpc) is 3.21. The molecule has 0 unspecified atom stereocenters. The van der Waals surface area contributed by atoms with E-state index in [0.29, 0.717) is 17.2 Å². The van der Waals surface area contributed by atoms with Crippen LogP contribution in [0.2, 0.25) is 0 Å². The Kier molecular flexibility index (Phi) is 6.31. The van der Waals surface area contributed by atoms with Crippen LogP contribution in [0.1, 0.15) is 56.1 Å². The highest BCUT2D eigenvalue weighted by Gasteiger charge is 2.43. The Labute approximate surface area is 173 Å². The maximum absolute atomic E-state index is 13.4. The van der Waals surface area contributed by atoms with Crippen molar-refractivity contribution >= 4 is 5.97 Å². The van der Waals surface area contributed by atoms with Crippen LogP contribution in [-0.2, 0) is 15.1 Å². The van der Waals surface area contributed by atoms with Crippen molar-refractivity contribution in [1.29, 1.82) is 0 Å². The van der Waals surface area contributed by atoms with Crippen molar-refractivity contribution < 1.29 is 14.6 Å². The van der Waals surface area contributed by atoms with Crippen LogP contribution in [0.25, 0.3) is 0 Å². The molecule has 1 aliphatic heterocycles. The minimum Gasteiger partial charge on any atom is -0.460 e. The highest BCUT2D eigenvalue weighted by molar-refractivity contribution is 5.85. The lowest BCUT2D eigenvalue weighted by Crippen LogP contribution is -2.42. The zero-order chi connectivity index (χ0) is 20.1. The molecule has 4 rings (SSSR count). The Hall–Kier alpha value is -2.17. The summed E-state index contributed by atoms with van der Waals surface area (Å²) in [5.74, 6) is -0.568. The number of carbonyl (C=O) groups is 1. The van der Waals surface area contributed by atoms with Crippen LogP contribution in [0.3, 0.4) is 0 Å². The molecule has 0 radical (unpaired) electrons. The number of hydrogen-bond acceptors (Lipinski definition) is 4. The second kappa shape index (κ2) is 9.10. The highest BCUT2D eigenvalue weighted by Crippen LogP contribution is 2.33. The summed E-state index contributed by atoms with van der Waals surface area (Å²) in [5.41, 5.74) is -0.709. The molecule has 1 N–H and O–H groups in total. The van der Waals surface area contributed by atoms with Gasteiger partial charge >= 0.3 is 5.97 Å². The van der Waals surface area contributed by atoms with E-state index in [1.54, 1.807) is 24.3 Å². The first kappa shape index (κ1) is 20.1. The number of esters is 1. The predicted molar refractivity (Wildman–Crippen MR) is 113 cm³/mol. The molecule has 1 heterocycles. The second-order valence-corrected chi connectivity index (χ2v) is 8.39. The van der Waals surface area contributed by atoms with Crippen molar-refractivity contribution in [2.75, 3.05) is 13.1 Å². The smallest absolute Gasteiger partial charge is 0.347 e. The quantitative estimate of drug-likeness (QED) is 0.609. The van der Waals surface area contributed by atoms with Gasteiger partial charge in [-0.3, -0.25) is 0 Å². The van der Waals surface area contributed by atoms with Crippen molar-refractivity contribution in [3.05, 3.63) is 71.8 Å². The van der Waals surface area contributed by atoms with E-state index in [-0.39, 0.29) is 6.10 Å². The van der Waals surface area contributed by atoms with E-state index in [1.165, 1.54) is 25.7 Å². The third-order valence-electron chi connectivity index (χ3n) is 6.46. The lowest BCUT2D eigenvalue weighted by Gasteiger charge is -2.32. The molecule has 29 heavy (non-hydrogen) atoms. The van der Waals surface area contributed by atoms with E-state index in [4.69, 9.17) is 4.74 Å². The Morgan fingerprint density at radius 2 is 1.41 bits per heavy atom. The van der Waals surface area contributed by atoms with Gasteiger partial charge in [0.1, 0.15) is 6.10 Å². The van der Waals surface area contributed by atoms with Gasteiger partial charge in [-0.1, -0.05) is 67.1 Å². The SMILES string of the molecule is O=C(O[C@H]1CCCC[C@@H](N2CCCC2)C1)C(O)(c1ccccc1)c1ccccc1. The van der Waals surface area contributed by atoms with Crippen molar-refractivity contribution in [3.63, 3.8) is 0 Å². The molecular weight excluding hydrogens is 362 g/mol. The van der Waals surface area contributed by atoms with Gasteiger partial charge < -0.3 is 14.7 Å². The van der Waals surface area contributed by atoms with Gasteiger partial charge in [0.2, 0.25) is 5.60 Å². The van der Waals surface area contributed by atoms with Gasteiger partial charge in [-0.25, -0.2) is 4.79 Å². The molecule has 1 saturated carbocycles. The summed E-state index contributed by atoms with van der Waals surface area (Å²) in [5, 5.41) is 11.6. The summed E-state index contributed by atoms with van der Waals surface area (Å²) < 4.78 is 6.02. The van der Waals surface area contributed by atoms with Gasteiger partial charge in [-0.15, -0.1) is 0 Å². The molecule has 0 bridgehead atoms. The molecule has 154 valence electrons. The minimum atomic E-state index is -1.79. The maximum atomic E-state index is 13.4.